The van der Waals surface area contributed by atoms with E-state index in [1.807, 2.05) is 11.8 Å². The fourth-order valence-electron chi connectivity index (χ4n) is 4.10. The molecule has 1 aromatic heterocycles. The molecule has 1 aliphatic heterocycles. The van der Waals surface area contributed by atoms with E-state index in [4.69, 9.17) is 4.98 Å². The number of carbonyl (C=O) groups excluding carboxylic acids is 1. The first-order valence-electron chi connectivity index (χ1n) is 9.62. The second kappa shape index (κ2) is 6.71. The largest absolute Gasteiger partial charge is 0.390 e. The smallest absolute Gasteiger partial charge is 0.225 e. The van der Waals surface area contributed by atoms with Crippen LogP contribution in [0.2, 0.25) is 0 Å². The molecule has 3 rings (SSSR count). The van der Waals surface area contributed by atoms with Crippen LogP contribution in [-0.4, -0.2) is 39.6 Å². The van der Waals surface area contributed by atoms with E-state index in [2.05, 4.69) is 39.0 Å². The van der Waals surface area contributed by atoms with Crippen LogP contribution >= 0.6 is 0 Å². The predicted molar refractivity (Wildman–Crippen MR) is 99.3 cm³/mol. The van der Waals surface area contributed by atoms with Gasteiger partial charge in [-0.1, -0.05) is 26.8 Å². The lowest BCUT2D eigenvalue weighted by Crippen LogP contribution is -2.51. The number of hydrogen-bond donors (Lipinski definition) is 1. The number of likely N-dealkylation sites (tertiary alicyclic amines) is 1. The molecule has 4 heteroatoms. The first-order valence-corrected chi connectivity index (χ1v) is 9.62. The van der Waals surface area contributed by atoms with Gasteiger partial charge >= 0.3 is 0 Å². The lowest BCUT2D eigenvalue weighted by molar-refractivity contribution is -0.151. The number of aromatic nitrogens is 1. The highest BCUT2D eigenvalue weighted by Gasteiger charge is 2.44. The lowest BCUT2D eigenvalue weighted by Gasteiger charge is -2.43. The molecule has 1 aliphatic carbocycles. The normalized spacial score (nSPS) is 27.9. The number of amides is 1. The Morgan fingerprint density at radius 2 is 1.92 bits per heavy atom. The number of carbonyl (C=O) groups is 1. The molecule has 2 fully saturated rings. The number of piperidine rings is 1. The summed E-state index contributed by atoms with van der Waals surface area (Å²) in [5, 5.41) is 9.84. The number of nitrogens with zero attached hydrogens (tertiary/aromatic N) is 2. The van der Waals surface area contributed by atoms with E-state index in [0.717, 1.165) is 38.0 Å². The quantitative estimate of drug-likeness (QED) is 0.915. The number of pyridine rings is 1. The maximum Gasteiger partial charge on any atom is 0.225 e. The Kier molecular flexibility index (Phi) is 4.93. The Balaban J connectivity index is 1.51. The van der Waals surface area contributed by atoms with Crippen molar-refractivity contribution in [2.45, 2.75) is 70.8 Å². The van der Waals surface area contributed by atoms with Gasteiger partial charge in [-0.2, -0.15) is 0 Å². The summed E-state index contributed by atoms with van der Waals surface area (Å²) in [6.45, 7) is 10.1. The maximum atomic E-state index is 12.5. The topological polar surface area (TPSA) is 53.4 Å². The SMILES string of the molecule is CC(C)(C)c1cccc(CC2CCN(C(=O)[C@H]3C[C@@](C)(O)C3)CC2)n1. The van der Waals surface area contributed by atoms with E-state index >= 15 is 0 Å². The fourth-order valence-corrected chi connectivity index (χ4v) is 4.10. The van der Waals surface area contributed by atoms with Crippen LogP contribution in [0.25, 0.3) is 0 Å². The summed E-state index contributed by atoms with van der Waals surface area (Å²) in [5.41, 5.74) is 1.78. The van der Waals surface area contributed by atoms with Crippen LogP contribution in [0.5, 0.6) is 0 Å². The molecule has 1 aromatic rings. The minimum atomic E-state index is -0.623. The fraction of sp³-hybridized carbons (Fsp3) is 0.714. The minimum Gasteiger partial charge on any atom is -0.390 e. The molecule has 0 unspecified atom stereocenters. The van der Waals surface area contributed by atoms with Crippen LogP contribution in [-0.2, 0) is 16.6 Å². The van der Waals surface area contributed by atoms with E-state index in [1.165, 1.54) is 5.69 Å². The molecule has 2 aliphatic rings. The Hall–Kier alpha value is -1.42. The van der Waals surface area contributed by atoms with Crippen molar-refractivity contribution in [3.63, 3.8) is 0 Å². The molecule has 0 radical (unpaired) electrons. The zero-order chi connectivity index (χ0) is 18.2. The highest BCUT2D eigenvalue weighted by molar-refractivity contribution is 5.80. The Morgan fingerprint density at radius 3 is 2.48 bits per heavy atom. The van der Waals surface area contributed by atoms with Gasteiger partial charge in [0.15, 0.2) is 0 Å². The zero-order valence-corrected chi connectivity index (χ0v) is 16.1. The Morgan fingerprint density at radius 1 is 1.28 bits per heavy atom. The van der Waals surface area contributed by atoms with Crippen molar-refractivity contribution >= 4 is 5.91 Å². The molecule has 0 aromatic carbocycles. The average Bonchev–Trinajstić information content (AvgIpc) is 2.52. The summed E-state index contributed by atoms with van der Waals surface area (Å²) >= 11 is 0. The van der Waals surface area contributed by atoms with Crippen LogP contribution < -0.4 is 0 Å². The van der Waals surface area contributed by atoms with E-state index in [1.54, 1.807) is 0 Å². The Bertz CT molecular complexity index is 617. The predicted octanol–water partition coefficient (Wildman–Crippen LogP) is 3.32. The highest BCUT2D eigenvalue weighted by Crippen LogP contribution is 2.39. The molecule has 25 heavy (non-hydrogen) atoms. The number of hydrogen-bond acceptors (Lipinski definition) is 3. The van der Waals surface area contributed by atoms with Crippen molar-refractivity contribution in [3.8, 4) is 0 Å². The van der Waals surface area contributed by atoms with Gasteiger partial charge in [0, 0.05) is 35.8 Å². The summed E-state index contributed by atoms with van der Waals surface area (Å²) in [4.78, 5) is 19.4. The van der Waals surface area contributed by atoms with Gasteiger partial charge in [-0.15, -0.1) is 0 Å². The maximum absolute atomic E-state index is 12.5. The molecular formula is C21H32N2O2. The minimum absolute atomic E-state index is 0.0386. The van der Waals surface area contributed by atoms with Gasteiger partial charge < -0.3 is 10.0 Å². The zero-order valence-electron chi connectivity index (χ0n) is 16.1. The second-order valence-electron chi connectivity index (χ2n) is 9.34. The number of rotatable bonds is 3. The van der Waals surface area contributed by atoms with Crippen molar-refractivity contribution in [1.29, 1.82) is 0 Å². The highest BCUT2D eigenvalue weighted by atomic mass is 16.3. The van der Waals surface area contributed by atoms with Crippen LogP contribution in [0.15, 0.2) is 18.2 Å². The van der Waals surface area contributed by atoms with Gasteiger partial charge in [0.2, 0.25) is 5.91 Å². The number of aliphatic hydroxyl groups is 1. The third kappa shape index (κ3) is 4.41. The first kappa shape index (κ1) is 18.4. The van der Waals surface area contributed by atoms with Gasteiger partial charge in [0.25, 0.3) is 0 Å². The molecule has 1 saturated heterocycles. The molecule has 2 heterocycles. The second-order valence-corrected chi connectivity index (χ2v) is 9.34. The molecule has 0 spiro atoms. The van der Waals surface area contributed by atoms with Crippen molar-refractivity contribution in [2.75, 3.05) is 13.1 Å². The van der Waals surface area contributed by atoms with Crippen molar-refractivity contribution in [3.05, 3.63) is 29.6 Å². The molecule has 138 valence electrons. The van der Waals surface area contributed by atoms with E-state index in [9.17, 15) is 9.90 Å². The lowest BCUT2D eigenvalue weighted by atomic mass is 9.71. The van der Waals surface area contributed by atoms with Gasteiger partial charge in [-0.05, 0) is 57.1 Å². The van der Waals surface area contributed by atoms with Gasteiger partial charge in [-0.3, -0.25) is 9.78 Å². The van der Waals surface area contributed by atoms with Crippen molar-refractivity contribution in [2.24, 2.45) is 11.8 Å². The van der Waals surface area contributed by atoms with E-state index in [0.29, 0.717) is 18.8 Å². The average molecular weight is 344 g/mol. The van der Waals surface area contributed by atoms with Gasteiger partial charge in [0.1, 0.15) is 0 Å². The monoisotopic (exact) mass is 344 g/mol. The van der Waals surface area contributed by atoms with Crippen LogP contribution in [0.4, 0.5) is 0 Å². The van der Waals surface area contributed by atoms with Gasteiger partial charge in [-0.25, -0.2) is 0 Å². The third-order valence-electron chi connectivity index (χ3n) is 5.72. The summed E-state index contributed by atoms with van der Waals surface area (Å²) in [7, 11) is 0. The van der Waals surface area contributed by atoms with E-state index in [-0.39, 0.29) is 17.2 Å². The molecule has 1 N–H and O–H groups in total. The standard InChI is InChI=1S/C21H32N2O2/c1-20(2,3)18-7-5-6-17(22-18)12-15-8-10-23(11-9-15)19(24)16-13-21(4,25)14-16/h5-7,15-16,25H,8-14H2,1-4H3/t16-,21+. The van der Waals surface area contributed by atoms with E-state index < -0.39 is 5.60 Å². The summed E-state index contributed by atoms with van der Waals surface area (Å²) in [6, 6.07) is 6.35. The summed E-state index contributed by atoms with van der Waals surface area (Å²) in [6.07, 6.45) is 4.35. The third-order valence-corrected chi connectivity index (χ3v) is 5.72. The molecule has 4 nitrogen and oxygen atoms in total. The molecule has 0 bridgehead atoms. The van der Waals surface area contributed by atoms with Crippen LogP contribution in [0.1, 0.15) is 64.8 Å². The molecular weight excluding hydrogens is 312 g/mol. The molecule has 1 amide bonds. The van der Waals surface area contributed by atoms with Gasteiger partial charge in [0.05, 0.1) is 5.60 Å². The van der Waals surface area contributed by atoms with Crippen LogP contribution in [0.3, 0.4) is 0 Å². The first-order chi connectivity index (χ1) is 11.6. The van der Waals surface area contributed by atoms with Crippen molar-refractivity contribution in [1.82, 2.24) is 9.88 Å². The van der Waals surface area contributed by atoms with Crippen molar-refractivity contribution < 1.29 is 9.90 Å². The molecule has 1 saturated carbocycles. The summed E-state index contributed by atoms with van der Waals surface area (Å²) in [5.74, 6) is 0.894. The molecule has 0 atom stereocenters. The summed E-state index contributed by atoms with van der Waals surface area (Å²) < 4.78 is 0. The Labute approximate surface area is 151 Å². The van der Waals surface area contributed by atoms with Crippen LogP contribution in [0, 0.1) is 11.8 Å².